The molecule has 1 amide bonds. The van der Waals surface area contributed by atoms with Crippen molar-refractivity contribution in [1.82, 2.24) is 4.90 Å². The molecular formula is C15H25N3O2. The number of ether oxygens (including phenoxy) is 1. The second kappa shape index (κ2) is 7.62. The second-order valence-corrected chi connectivity index (χ2v) is 4.80. The van der Waals surface area contributed by atoms with Gasteiger partial charge in [0.1, 0.15) is 5.75 Å². The molecule has 5 heteroatoms. The van der Waals surface area contributed by atoms with Crippen molar-refractivity contribution in [1.29, 1.82) is 0 Å². The zero-order chi connectivity index (χ0) is 15.1. The summed E-state index contributed by atoms with van der Waals surface area (Å²) in [6, 6.07) is 5.53. The third-order valence-electron chi connectivity index (χ3n) is 2.98. The number of likely N-dealkylation sites (N-methyl/N-ethyl adjacent to an activating group) is 1. The highest BCUT2D eigenvalue weighted by atomic mass is 16.5. The number of nitrogens with two attached hydrogens (primary N) is 1. The van der Waals surface area contributed by atoms with Crippen LogP contribution in [-0.2, 0) is 4.79 Å². The van der Waals surface area contributed by atoms with E-state index in [1.165, 1.54) is 0 Å². The van der Waals surface area contributed by atoms with Crippen LogP contribution in [0.5, 0.6) is 5.75 Å². The lowest BCUT2D eigenvalue weighted by Gasteiger charge is -2.20. The predicted molar refractivity (Wildman–Crippen MR) is 83.0 cm³/mol. The smallest absolute Gasteiger partial charge is 0.241 e. The molecule has 1 aromatic carbocycles. The molecule has 3 N–H and O–H groups in total. The largest absolute Gasteiger partial charge is 0.489 e. The highest BCUT2D eigenvalue weighted by molar-refractivity contribution is 5.83. The van der Waals surface area contributed by atoms with Gasteiger partial charge in [0.15, 0.2) is 0 Å². The maximum Gasteiger partial charge on any atom is 0.241 e. The molecule has 1 rings (SSSR count). The molecule has 0 aliphatic heterocycles. The van der Waals surface area contributed by atoms with Crippen LogP contribution in [0.4, 0.5) is 11.4 Å². The van der Waals surface area contributed by atoms with Crippen LogP contribution < -0.4 is 15.8 Å². The fourth-order valence-electron chi connectivity index (χ4n) is 1.91. The average molecular weight is 279 g/mol. The Balaban J connectivity index is 2.71. The topological polar surface area (TPSA) is 67.6 Å². The molecule has 0 heterocycles. The summed E-state index contributed by atoms with van der Waals surface area (Å²) >= 11 is 0. The number of amides is 1. The highest BCUT2D eigenvalue weighted by Gasteiger charge is 2.11. The van der Waals surface area contributed by atoms with Gasteiger partial charge in [0.05, 0.1) is 24.0 Å². The molecule has 112 valence electrons. The van der Waals surface area contributed by atoms with E-state index in [1.54, 1.807) is 4.90 Å². The fraction of sp³-hybridized carbons (Fsp3) is 0.533. The Morgan fingerprint density at radius 1 is 1.35 bits per heavy atom. The van der Waals surface area contributed by atoms with Crippen molar-refractivity contribution < 1.29 is 9.53 Å². The van der Waals surface area contributed by atoms with Gasteiger partial charge in [-0.2, -0.15) is 0 Å². The van der Waals surface area contributed by atoms with Crippen molar-refractivity contribution in [2.75, 3.05) is 30.7 Å². The van der Waals surface area contributed by atoms with Gasteiger partial charge in [0.25, 0.3) is 0 Å². The first-order chi connectivity index (χ1) is 9.49. The number of para-hydroxylation sites is 1. The summed E-state index contributed by atoms with van der Waals surface area (Å²) in [5.41, 5.74) is 7.31. The molecule has 0 aromatic heterocycles. The molecule has 0 bridgehead atoms. The third kappa shape index (κ3) is 4.33. The second-order valence-electron chi connectivity index (χ2n) is 4.80. The number of nitrogen functional groups attached to an aromatic ring is 1. The van der Waals surface area contributed by atoms with E-state index < -0.39 is 0 Å². The number of hydrogen-bond donors (Lipinski definition) is 2. The molecule has 0 saturated heterocycles. The Morgan fingerprint density at radius 2 is 2.00 bits per heavy atom. The molecule has 0 saturated carbocycles. The molecule has 0 radical (unpaired) electrons. The van der Waals surface area contributed by atoms with E-state index in [1.807, 2.05) is 45.9 Å². The first-order valence-electron chi connectivity index (χ1n) is 7.06. The maximum absolute atomic E-state index is 11.9. The van der Waals surface area contributed by atoms with Crippen LogP contribution in [0.3, 0.4) is 0 Å². The van der Waals surface area contributed by atoms with Crippen molar-refractivity contribution in [3.05, 3.63) is 18.2 Å². The summed E-state index contributed by atoms with van der Waals surface area (Å²) in [6.07, 6.45) is 0.0601. The first-order valence-corrected chi connectivity index (χ1v) is 7.06. The lowest BCUT2D eigenvalue weighted by molar-refractivity contribution is -0.128. The van der Waals surface area contributed by atoms with E-state index in [-0.39, 0.29) is 18.6 Å². The molecule has 5 nitrogen and oxygen atoms in total. The zero-order valence-corrected chi connectivity index (χ0v) is 12.8. The van der Waals surface area contributed by atoms with E-state index in [9.17, 15) is 4.79 Å². The van der Waals surface area contributed by atoms with Crippen LogP contribution in [0.1, 0.15) is 27.7 Å². The SMILES string of the molecule is CCN(CC)C(=O)CNc1cccc(OC(C)C)c1N. The normalized spacial score (nSPS) is 10.4. The van der Waals surface area contributed by atoms with Gasteiger partial charge in [0.2, 0.25) is 5.91 Å². The van der Waals surface area contributed by atoms with E-state index in [4.69, 9.17) is 10.5 Å². The zero-order valence-electron chi connectivity index (χ0n) is 12.8. The van der Waals surface area contributed by atoms with E-state index in [2.05, 4.69) is 5.32 Å². The van der Waals surface area contributed by atoms with Gasteiger partial charge in [-0.25, -0.2) is 0 Å². The molecule has 0 unspecified atom stereocenters. The van der Waals surface area contributed by atoms with Crippen LogP contribution >= 0.6 is 0 Å². The van der Waals surface area contributed by atoms with Crippen LogP contribution in [0.2, 0.25) is 0 Å². The maximum atomic E-state index is 11.9. The number of carbonyl (C=O) groups is 1. The van der Waals surface area contributed by atoms with Crippen molar-refractivity contribution in [3.63, 3.8) is 0 Å². The number of hydrogen-bond acceptors (Lipinski definition) is 4. The lowest BCUT2D eigenvalue weighted by atomic mass is 10.2. The third-order valence-corrected chi connectivity index (χ3v) is 2.98. The first kappa shape index (κ1) is 16.1. The summed E-state index contributed by atoms with van der Waals surface area (Å²) in [5, 5.41) is 3.08. The van der Waals surface area contributed by atoms with E-state index in [0.29, 0.717) is 24.5 Å². The van der Waals surface area contributed by atoms with Gasteiger partial charge in [-0.3, -0.25) is 4.79 Å². The molecule has 20 heavy (non-hydrogen) atoms. The number of anilines is 2. The predicted octanol–water partition coefficient (Wildman–Crippen LogP) is 2.34. The summed E-state index contributed by atoms with van der Waals surface area (Å²) in [5.74, 6) is 0.699. The summed E-state index contributed by atoms with van der Waals surface area (Å²) in [4.78, 5) is 13.7. The number of nitrogens with one attached hydrogen (secondary N) is 1. The molecule has 0 aliphatic rings. The summed E-state index contributed by atoms with van der Waals surface area (Å²) < 4.78 is 5.62. The minimum atomic E-state index is 0.0598. The van der Waals surface area contributed by atoms with Crippen LogP contribution in [0.25, 0.3) is 0 Å². The molecule has 0 atom stereocenters. The van der Waals surface area contributed by atoms with Crippen molar-refractivity contribution >= 4 is 17.3 Å². The van der Waals surface area contributed by atoms with Crippen molar-refractivity contribution in [2.45, 2.75) is 33.8 Å². The number of carbonyl (C=O) groups excluding carboxylic acids is 1. The number of benzene rings is 1. The van der Waals surface area contributed by atoms with Crippen molar-refractivity contribution in [2.24, 2.45) is 0 Å². The van der Waals surface area contributed by atoms with Crippen LogP contribution in [0.15, 0.2) is 18.2 Å². The summed E-state index contributed by atoms with van der Waals surface area (Å²) in [7, 11) is 0. The quantitative estimate of drug-likeness (QED) is 0.752. The van der Waals surface area contributed by atoms with E-state index >= 15 is 0 Å². The Hall–Kier alpha value is -1.91. The standard InChI is InChI=1S/C15H25N3O2/c1-5-18(6-2)14(19)10-17-12-8-7-9-13(15(12)16)20-11(3)4/h7-9,11,17H,5-6,10,16H2,1-4H3. The molecular weight excluding hydrogens is 254 g/mol. The minimum absolute atomic E-state index is 0.0598. The Bertz CT molecular complexity index is 443. The lowest BCUT2D eigenvalue weighted by Crippen LogP contribution is -2.35. The van der Waals surface area contributed by atoms with Crippen LogP contribution in [0, 0.1) is 0 Å². The van der Waals surface area contributed by atoms with Gasteiger partial charge >= 0.3 is 0 Å². The highest BCUT2D eigenvalue weighted by Crippen LogP contribution is 2.29. The number of nitrogens with zero attached hydrogens (tertiary/aromatic N) is 1. The monoisotopic (exact) mass is 279 g/mol. The minimum Gasteiger partial charge on any atom is -0.489 e. The van der Waals surface area contributed by atoms with Crippen molar-refractivity contribution in [3.8, 4) is 5.75 Å². The van der Waals surface area contributed by atoms with Gasteiger partial charge in [-0.05, 0) is 39.8 Å². The van der Waals surface area contributed by atoms with Gasteiger partial charge in [0, 0.05) is 13.1 Å². The Labute approximate surface area is 121 Å². The molecule has 0 spiro atoms. The fourth-order valence-corrected chi connectivity index (χ4v) is 1.91. The molecule has 0 fully saturated rings. The Kier molecular flexibility index (Phi) is 6.15. The summed E-state index contributed by atoms with van der Waals surface area (Å²) in [6.45, 7) is 9.48. The molecule has 0 aliphatic carbocycles. The van der Waals surface area contributed by atoms with Crippen LogP contribution in [-0.4, -0.2) is 36.5 Å². The average Bonchev–Trinajstić information content (AvgIpc) is 2.40. The Morgan fingerprint density at radius 3 is 2.55 bits per heavy atom. The van der Waals surface area contributed by atoms with E-state index in [0.717, 1.165) is 5.69 Å². The van der Waals surface area contributed by atoms with Gasteiger partial charge < -0.3 is 20.7 Å². The number of rotatable bonds is 7. The molecule has 1 aromatic rings. The van der Waals surface area contributed by atoms with Gasteiger partial charge in [-0.15, -0.1) is 0 Å². The van der Waals surface area contributed by atoms with Gasteiger partial charge in [-0.1, -0.05) is 6.07 Å².